The summed E-state index contributed by atoms with van der Waals surface area (Å²) in [4.78, 5) is 9.90. The van der Waals surface area contributed by atoms with Crippen molar-refractivity contribution in [2.24, 2.45) is 0 Å². The molecule has 0 aromatic carbocycles. The van der Waals surface area contributed by atoms with E-state index in [4.69, 9.17) is 11.6 Å². The van der Waals surface area contributed by atoms with Crippen LogP contribution in [0, 0.1) is 0 Å². The maximum absolute atomic E-state index is 9.90. The van der Waals surface area contributed by atoms with Gasteiger partial charge < -0.3 is 5.32 Å². The first-order valence-corrected chi connectivity index (χ1v) is 3.90. The third-order valence-electron chi connectivity index (χ3n) is 1.12. The number of hydrogen-bond acceptors (Lipinski definition) is 1. The van der Waals surface area contributed by atoms with Crippen LogP contribution in [-0.2, 0) is 4.79 Å². The molecule has 1 amide bonds. The van der Waals surface area contributed by atoms with Crippen molar-refractivity contribution in [2.75, 3.05) is 6.54 Å². The molecule has 0 radical (unpaired) electrons. The summed E-state index contributed by atoms with van der Waals surface area (Å²) < 4.78 is 0. The molecule has 0 aliphatic heterocycles. The average molecular weight is 186 g/mol. The topological polar surface area (TPSA) is 29.1 Å². The smallest absolute Gasteiger partial charge is 0.207 e. The van der Waals surface area contributed by atoms with E-state index in [9.17, 15) is 4.79 Å². The van der Waals surface area contributed by atoms with E-state index in [2.05, 4.69) is 11.9 Å². The van der Waals surface area contributed by atoms with Crippen LogP contribution in [-0.4, -0.2) is 13.0 Å². The van der Waals surface area contributed by atoms with Gasteiger partial charge in [-0.05, 0) is 13.0 Å². The second-order valence-corrected chi connectivity index (χ2v) is 2.80. The standard InChI is InChI=1S/C9H12ClNO/c1-8(6-11-7-12)4-3-5-9(2)10/h3-5,7H,2,6H2,1H3,(H,11,12)/b5-3-,8-4+. The zero-order valence-corrected chi connectivity index (χ0v) is 7.77. The predicted molar refractivity (Wildman–Crippen MR) is 52.0 cm³/mol. The fraction of sp³-hybridized carbons (Fsp3) is 0.222. The highest BCUT2D eigenvalue weighted by Crippen LogP contribution is 1.99. The molecular formula is C9H12ClNO. The van der Waals surface area contributed by atoms with Gasteiger partial charge in [-0.1, -0.05) is 35.9 Å². The van der Waals surface area contributed by atoms with Crippen LogP contribution < -0.4 is 5.32 Å². The minimum absolute atomic E-state index is 0.488. The molecule has 0 unspecified atom stereocenters. The summed E-state index contributed by atoms with van der Waals surface area (Å²) in [5.74, 6) is 0. The molecule has 0 aliphatic carbocycles. The highest BCUT2D eigenvalue weighted by atomic mass is 35.5. The van der Waals surface area contributed by atoms with Crippen molar-refractivity contribution in [3.05, 3.63) is 35.4 Å². The van der Waals surface area contributed by atoms with Gasteiger partial charge in [-0.3, -0.25) is 4.79 Å². The van der Waals surface area contributed by atoms with Crippen molar-refractivity contribution in [3.8, 4) is 0 Å². The third-order valence-corrected chi connectivity index (χ3v) is 1.25. The summed E-state index contributed by atoms with van der Waals surface area (Å²) in [6.07, 6.45) is 6.01. The van der Waals surface area contributed by atoms with E-state index in [0.29, 0.717) is 18.0 Å². The first kappa shape index (κ1) is 11.0. The largest absolute Gasteiger partial charge is 0.355 e. The van der Waals surface area contributed by atoms with Crippen LogP contribution in [0.4, 0.5) is 0 Å². The third kappa shape index (κ3) is 7.09. The Morgan fingerprint density at radius 3 is 2.83 bits per heavy atom. The van der Waals surface area contributed by atoms with Crippen LogP contribution in [0.5, 0.6) is 0 Å². The van der Waals surface area contributed by atoms with Crippen LogP contribution in [0.1, 0.15) is 6.92 Å². The van der Waals surface area contributed by atoms with Gasteiger partial charge in [0.25, 0.3) is 0 Å². The Bertz CT molecular complexity index is 219. The SMILES string of the molecule is C=C(Cl)/C=C\C=C(/C)CNC=O. The summed E-state index contributed by atoms with van der Waals surface area (Å²) in [5.41, 5.74) is 1.05. The summed E-state index contributed by atoms with van der Waals surface area (Å²) in [6.45, 7) is 5.96. The number of amides is 1. The summed E-state index contributed by atoms with van der Waals surface area (Å²) >= 11 is 5.48. The van der Waals surface area contributed by atoms with Gasteiger partial charge in [0.2, 0.25) is 6.41 Å². The molecule has 0 rings (SSSR count). The molecule has 0 bridgehead atoms. The molecule has 0 aromatic heterocycles. The van der Waals surface area contributed by atoms with Crippen molar-refractivity contribution >= 4 is 18.0 Å². The fourth-order valence-corrected chi connectivity index (χ4v) is 0.651. The quantitative estimate of drug-likeness (QED) is 0.515. The van der Waals surface area contributed by atoms with Gasteiger partial charge in [-0.25, -0.2) is 0 Å². The molecule has 3 heteroatoms. The monoisotopic (exact) mass is 185 g/mol. The van der Waals surface area contributed by atoms with Crippen LogP contribution in [0.15, 0.2) is 35.4 Å². The van der Waals surface area contributed by atoms with Gasteiger partial charge in [0.15, 0.2) is 0 Å². The average Bonchev–Trinajstić information content (AvgIpc) is 2.00. The molecule has 0 saturated carbocycles. The highest BCUT2D eigenvalue weighted by molar-refractivity contribution is 6.30. The van der Waals surface area contributed by atoms with E-state index in [-0.39, 0.29) is 0 Å². The number of allylic oxidation sites excluding steroid dienone is 4. The lowest BCUT2D eigenvalue weighted by atomic mass is 10.2. The van der Waals surface area contributed by atoms with Crippen molar-refractivity contribution in [1.82, 2.24) is 5.32 Å². The van der Waals surface area contributed by atoms with E-state index in [1.54, 1.807) is 12.2 Å². The highest BCUT2D eigenvalue weighted by Gasteiger charge is 1.83. The Kier molecular flexibility index (Phi) is 6.11. The molecule has 2 nitrogen and oxygen atoms in total. The maximum atomic E-state index is 9.90. The van der Waals surface area contributed by atoms with Crippen molar-refractivity contribution < 1.29 is 4.79 Å². The molecule has 1 N–H and O–H groups in total. The normalized spacial score (nSPS) is 11.7. The number of carbonyl (C=O) groups is 1. The Labute approximate surface area is 77.6 Å². The Hall–Kier alpha value is -1.02. The van der Waals surface area contributed by atoms with Gasteiger partial charge in [-0.2, -0.15) is 0 Å². The van der Waals surface area contributed by atoms with Crippen molar-refractivity contribution in [3.63, 3.8) is 0 Å². The van der Waals surface area contributed by atoms with Crippen molar-refractivity contribution in [2.45, 2.75) is 6.92 Å². The summed E-state index contributed by atoms with van der Waals surface area (Å²) in [5, 5.41) is 3.04. The Balaban J connectivity index is 3.82. The number of nitrogens with one attached hydrogen (secondary N) is 1. The van der Waals surface area contributed by atoms with Crippen molar-refractivity contribution in [1.29, 1.82) is 0 Å². The number of carbonyl (C=O) groups excluding carboxylic acids is 1. The van der Waals surface area contributed by atoms with Gasteiger partial charge in [0, 0.05) is 11.6 Å². The second-order valence-electron chi connectivity index (χ2n) is 2.32. The van der Waals surface area contributed by atoms with E-state index in [0.717, 1.165) is 5.57 Å². The van der Waals surface area contributed by atoms with E-state index < -0.39 is 0 Å². The van der Waals surface area contributed by atoms with Crippen LogP contribution in [0.2, 0.25) is 0 Å². The summed E-state index contributed by atoms with van der Waals surface area (Å²) in [6, 6.07) is 0. The number of hydrogen-bond donors (Lipinski definition) is 1. The van der Waals surface area contributed by atoms with Gasteiger partial charge in [0.05, 0.1) is 0 Å². The van der Waals surface area contributed by atoms with E-state index in [1.807, 2.05) is 13.0 Å². The van der Waals surface area contributed by atoms with Crippen LogP contribution in [0.25, 0.3) is 0 Å². The zero-order chi connectivity index (χ0) is 9.40. The molecule has 12 heavy (non-hydrogen) atoms. The minimum Gasteiger partial charge on any atom is -0.355 e. The van der Waals surface area contributed by atoms with Gasteiger partial charge in [-0.15, -0.1) is 0 Å². The lowest BCUT2D eigenvalue weighted by Gasteiger charge is -1.95. The predicted octanol–water partition coefficient (Wildman–Crippen LogP) is 1.99. The first-order chi connectivity index (χ1) is 5.66. The summed E-state index contributed by atoms with van der Waals surface area (Å²) in [7, 11) is 0. The maximum Gasteiger partial charge on any atom is 0.207 e. The molecule has 66 valence electrons. The Morgan fingerprint density at radius 1 is 1.67 bits per heavy atom. The zero-order valence-electron chi connectivity index (χ0n) is 7.01. The van der Waals surface area contributed by atoms with Gasteiger partial charge >= 0.3 is 0 Å². The lowest BCUT2D eigenvalue weighted by Crippen LogP contribution is -2.12. The molecule has 0 aromatic rings. The molecular weight excluding hydrogens is 174 g/mol. The van der Waals surface area contributed by atoms with E-state index in [1.165, 1.54) is 0 Å². The lowest BCUT2D eigenvalue weighted by molar-refractivity contribution is -0.109. The molecule has 0 atom stereocenters. The number of halogens is 1. The van der Waals surface area contributed by atoms with E-state index >= 15 is 0 Å². The molecule has 0 heterocycles. The Morgan fingerprint density at radius 2 is 2.33 bits per heavy atom. The molecule has 0 aliphatic rings. The van der Waals surface area contributed by atoms with Gasteiger partial charge in [0.1, 0.15) is 0 Å². The van der Waals surface area contributed by atoms with Crippen LogP contribution >= 0.6 is 11.6 Å². The first-order valence-electron chi connectivity index (χ1n) is 3.52. The fourth-order valence-electron chi connectivity index (χ4n) is 0.578. The number of rotatable bonds is 5. The minimum atomic E-state index is 0.488. The molecule has 0 fully saturated rings. The molecule has 0 saturated heterocycles. The second kappa shape index (κ2) is 6.68. The molecule has 0 spiro atoms. The van der Waals surface area contributed by atoms with Crippen LogP contribution in [0.3, 0.4) is 0 Å².